The van der Waals surface area contributed by atoms with Gasteiger partial charge in [0.05, 0.1) is 10.9 Å². The van der Waals surface area contributed by atoms with E-state index >= 15 is 0 Å². The van der Waals surface area contributed by atoms with Crippen molar-refractivity contribution in [1.82, 2.24) is 4.98 Å². The second-order valence-corrected chi connectivity index (χ2v) is 3.09. The van der Waals surface area contributed by atoms with E-state index in [1.807, 2.05) is 12.1 Å². The zero-order valence-electron chi connectivity index (χ0n) is 5.64. The highest BCUT2D eigenvalue weighted by molar-refractivity contribution is 9.10. The SMILES string of the molecule is BrCC#Cc1cccnc1Br. The standard InChI is InChI=1S/C8H5Br2N/c9-5-1-3-7-4-2-6-11-8(7)10/h2,4,6H,5H2. The summed E-state index contributed by atoms with van der Waals surface area (Å²) in [7, 11) is 0. The molecule has 56 valence electrons. The predicted molar refractivity (Wildman–Crippen MR) is 52.6 cm³/mol. The molecule has 0 saturated heterocycles. The van der Waals surface area contributed by atoms with E-state index in [0.717, 1.165) is 10.2 Å². The molecule has 0 fully saturated rings. The molecular weight excluding hydrogens is 270 g/mol. The van der Waals surface area contributed by atoms with Crippen LogP contribution in [-0.4, -0.2) is 10.3 Å². The zero-order valence-corrected chi connectivity index (χ0v) is 8.81. The molecule has 0 radical (unpaired) electrons. The van der Waals surface area contributed by atoms with Crippen LogP contribution in [-0.2, 0) is 0 Å². The molecule has 0 unspecified atom stereocenters. The van der Waals surface area contributed by atoms with Crippen molar-refractivity contribution in [3.8, 4) is 11.8 Å². The van der Waals surface area contributed by atoms with Crippen LogP contribution in [0.15, 0.2) is 22.9 Å². The van der Waals surface area contributed by atoms with Crippen LogP contribution in [0.1, 0.15) is 5.56 Å². The summed E-state index contributed by atoms with van der Waals surface area (Å²) < 4.78 is 0.799. The molecule has 0 bridgehead atoms. The Morgan fingerprint density at radius 2 is 2.36 bits per heavy atom. The van der Waals surface area contributed by atoms with Crippen molar-refractivity contribution in [1.29, 1.82) is 0 Å². The average molecular weight is 275 g/mol. The topological polar surface area (TPSA) is 12.9 Å². The van der Waals surface area contributed by atoms with E-state index in [0.29, 0.717) is 5.33 Å². The lowest BCUT2D eigenvalue weighted by Gasteiger charge is -1.90. The smallest absolute Gasteiger partial charge is 0.121 e. The zero-order chi connectivity index (χ0) is 8.10. The molecule has 0 atom stereocenters. The highest BCUT2D eigenvalue weighted by atomic mass is 79.9. The molecule has 0 amide bonds. The van der Waals surface area contributed by atoms with E-state index in [2.05, 4.69) is 48.7 Å². The van der Waals surface area contributed by atoms with Crippen LogP contribution in [0.2, 0.25) is 0 Å². The Bertz CT molecular complexity index is 298. The van der Waals surface area contributed by atoms with Crippen molar-refractivity contribution in [2.45, 2.75) is 0 Å². The summed E-state index contributed by atoms with van der Waals surface area (Å²) >= 11 is 6.52. The second-order valence-electron chi connectivity index (χ2n) is 1.78. The van der Waals surface area contributed by atoms with E-state index in [4.69, 9.17) is 0 Å². The van der Waals surface area contributed by atoms with Gasteiger partial charge >= 0.3 is 0 Å². The Hall–Kier alpha value is -0.330. The van der Waals surface area contributed by atoms with Crippen molar-refractivity contribution in [2.75, 3.05) is 5.33 Å². The highest BCUT2D eigenvalue weighted by Gasteiger charge is 1.92. The van der Waals surface area contributed by atoms with Crippen LogP contribution in [0.5, 0.6) is 0 Å². The van der Waals surface area contributed by atoms with Crippen LogP contribution < -0.4 is 0 Å². The van der Waals surface area contributed by atoms with E-state index in [-0.39, 0.29) is 0 Å². The predicted octanol–water partition coefficient (Wildman–Crippen LogP) is 2.59. The molecule has 0 aromatic carbocycles. The number of pyridine rings is 1. The van der Waals surface area contributed by atoms with Crippen molar-refractivity contribution in [3.05, 3.63) is 28.5 Å². The third-order valence-electron chi connectivity index (χ3n) is 1.05. The van der Waals surface area contributed by atoms with Gasteiger partial charge in [-0.15, -0.1) is 0 Å². The number of halogens is 2. The van der Waals surface area contributed by atoms with Gasteiger partial charge < -0.3 is 0 Å². The van der Waals surface area contributed by atoms with E-state index in [1.165, 1.54) is 0 Å². The minimum absolute atomic E-state index is 0.689. The lowest BCUT2D eigenvalue weighted by Crippen LogP contribution is -1.80. The molecule has 11 heavy (non-hydrogen) atoms. The summed E-state index contributed by atoms with van der Waals surface area (Å²) in [4.78, 5) is 4.03. The number of aromatic nitrogens is 1. The first-order chi connectivity index (χ1) is 5.34. The molecule has 0 N–H and O–H groups in total. The minimum atomic E-state index is 0.689. The third-order valence-corrected chi connectivity index (χ3v) is 1.96. The van der Waals surface area contributed by atoms with E-state index in [9.17, 15) is 0 Å². The third kappa shape index (κ3) is 2.64. The summed E-state index contributed by atoms with van der Waals surface area (Å²) in [5.74, 6) is 5.86. The van der Waals surface area contributed by atoms with E-state index in [1.54, 1.807) is 6.20 Å². The van der Waals surface area contributed by atoms with Crippen molar-refractivity contribution >= 4 is 31.9 Å². The molecule has 1 heterocycles. The molecule has 0 spiro atoms. The first-order valence-electron chi connectivity index (χ1n) is 3.00. The lowest BCUT2D eigenvalue weighted by atomic mass is 10.3. The minimum Gasteiger partial charge on any atom is -0.248 e. The Morgan fingerprint density at radius 3 is 3.00 bits per heavy atom. The number of nitrogens with zero attached hydrogens (tertiary/aromatic N) is 1. The second kappa shape index (κ2) is 4.53. The molecule has 1 nitrogen and oxygen atoms in total. The van der Waals surface area contributed by atoms with Gasteiger partial charge in [-0.2, -0.15) is 0 Å². The molecule has 0 aliphatic heterocycles. The highest BCUT2D eigenvalue weighted by Crippen LogP contribution is 2.10. The molecule has 0 saturated carbocycles. The van der Waals surface area contributed by atoms with Gasteiger partial charge in [0.2, 0.25) is 0 Å². The summed E-state index contributed by atoms with van der Waals surface area (Å²) in [6.45, 7) is 0. The monoisotopic (exact) mass is 273 g/mol. The molecular formula is C8H5Br2N. The number of rotatable bonds is 0. The van der Waals surface area contributed by atoms with E-state index < -0.39 is 0 Å². The fraction of sp³-hybridized carbons (Fsp3) is 0.125. The number of alkyl halides is 1. The van der Waals surface area contributed by atoms with Gasteiger partial charge in [-0.1, -0.05) is 27.8 Å². The normalized spacial score (nSPS) is 8.55. The number of hydrogen-bond donors (Lipinski definition) is 0. The molecule has 0 aliphatic carbocycles. The lowest BCUT2D eigenvalue weighted by molar-refractivity contribution is 1.26. The maximum atomic E-state index is 4.03. The average Bonchev–Trinajstić information content (AvgIpc) is 2.03. The van der Waals surface area contributed by atoms with Crippen LogP contribution >= 0.6 is 31.9 Å². The van der Waals surface area contributed by atoms with Crippen LogP contribution in [0, 0.1) is 11.8 Å². The Labute approximate surface area is 82.5 Å². The molecule has 1 aromatic heterocycles. The molecule has 1 aromatic rings. The number of hydrogen-bond acceptors (Lipinski definition) is 1. The van der Waals surface area contributed by atoms with Crippen LogP contribution in [0.4, 0.5) is 0 Å². The molecule has 0 aliphatic rings. The van der Waals surface area contributed by atoms with Gasteiger partial charge in [-0.05, 0) is 28.1 Å². The fourth-order valence-corrected chi connectivity index (χ4v) is 1.10. The first kappa shape index (κ1) is 8.76. The Balaban J connectivity index is 2.95. The largest absolute Gasteiger partial charge is 0.248 e. The molecule has 1 rings (SSSR count). The van der Waals surface area contributed by atoms with Crippen molar-refractivity contribution in [3.63, 3.8) is 0 Å². The van der Waals surface area contributed by atoms with Gasteiger partial charge in [0, 0.05) is 6.20 Å². The van der Waals surface area contributed by atoms with Gasteiger partial charge in [0.25, 0.3) is 0 Å². The first-order valence-corrected chi connectivity index (χ1v) is 4.91. The van der Waals surface area contributed by atoms with Gasteiger partial charge in [-0.25, -0.2) is 4.98 Å². The maximum Gasteiger partial charge on any atom is 0.121 e. The summed E-state index contributed by atoms with van der Waals surface area (Å²) in [6, 6.07) is 3.79. The summed E-state index contributed by atoms with van der Waals surface area (Å²) in [5.41, 5.74) is 0.923. The summed E-state index contributed by atoms with van der Waals surface area (Å²) in [5, 5.41) is 0.689. The van der Waals surface area contributed by atoms with Crippen molar-refractivity contribution in [2.24, 2.45) is 0 Å². The van der Waals surface area contributed by atoms with Gasteiger partial charge in [0.1, 0.15) is 4.60 Å². The summed E-state index contributed by atoms with van der Waals surface area (Å²) in [6.07, 6.45) is 1.73. The van der Waals surface area contributed by atoms with Gasteiger partial charge in [0.15, 0.2) is 0 Å². The Kier molecular flexibility index (Phi) is 3.61. The quantitative estimate of drug-likeness (QED) is 0.403. The van der Waals surface area contributed by atoms with Crippen molar-refractivity contribution < 1.29 is 0 Å². The maximum absolute atomic E-state index is 4.03. The molecule has 3 heteroatoms. The van der Waals surface area contributed by atoms with Gasteiger partial charge in [-0.3, -0.25) is 0 Å². The Morgan fingerprint density at radius 1 is 1.55 bits per heavy atom. The fourth-order valence-electron chi connectivity index (χ4n) is 0.608. The van der Waals surface area contributed by atoms with Crippen LogP contribution in [0.3, 0.4) is 0 Å². The van der Waals surface area contributed by atoms with Crippen LogP contribution in [0.25, 0.3) is 0 Å².